The van der Waals surface area contributed by atoms with Gasteiger partial charge in [-0.1, -0.05) is 0 Å². The molecule has 1 aliphatic heterocycles. The molecule has 7 nitrogen and oxygen atoms in total. The molecule has 110 valence electrons. The summed E-state index contributed by atoms with van der Waals surface area (Å²) in [6.07, 6.45) is 4.15. The van der Waals surface area contributed by atoms with Gasteiger partial charge in [-0.3, -0.25) is 9.78 Å². The molecular weight excluding hydrogens is 280 g/mol. The third-order valence-corrected chi connectivity index (χ3v) is 4.84. The van der Waals surface area contributed by atoms with Crippen molar-refractivity contribution >= 4 is 21.6 Å². The Kier molecular flexibility index (Phi) is 4.53. The van der Waals surface area contributed by atoms with Crippen LogP contribution in [-0.4, -0.2) is 48.4 Å². The van der Waals surface area contributed by atoms with Gasteiger partial charge in [0.2, 0.25) is 0 Å². The van der Waals surface area contributed by atoms with Crippen molar-refractivity contribution in [3.63, 3.8) is 0 Å². The average Bonchev–Trinajstić information content (AvgIpc) is 2.38. The van der Waals surface area contributed by atoms with E-state index in [9.17, 15) is 13.2 Å². The van der Waals surface area contributed by atoms with Crippen LogP contribution in [0, 0.1) is 0 Å². The quantitative estimate of drug-likeness (QED) is 0.824. The lowest BCUT2D eigenvalue weighted by molar-refractivity contribution is 0.0933. The maximum absolute atomic E-state index is 12.0. The van der Waals surface area contributed by atoms with Gasteiger partial charge in [0.05, 0.1) is 23.9 Å². The Morgan fingerprint density at radius 3 is 2.95 bits per heavy atom. The molecule has 1 aromatic heterocycles. The van der Waals surface area contributed by atoms with Crippen molar-refractivity contribution in [1.82, 2.24) is 15.3 Å². The summed E-state index contributed by atoms with van der Waals surface area (Å²) in [5, 5.41) is 5.68. The van der Waals surface area contributed by atoms with Crippen molar-refractivity contribution in [2.24, 2.45) is 0 Å². The van der Waals surface area contributed by atoms with Crippen LogP contribution in [0.15, 0.2) is 12.4 Å². The van der Waals surface area contributed by atoms with Crippen LogP contribution in [0.2, 0.25) is 0 Å². The zero-order valence-corrected chi connectivity index (χ0v) is 12.1. The van der Waals surface area contributed by atoms with Gasteiger partial charge in [0.1, 0.15) is 11.5 Å². The van der Waals surface area contributed by atoms with E-state index in [-0.39, 0.29) is 29.1 Å². The van der Waals surface area contributed by atoms with Gasteiger partial charge >= 0.3 is 0 Å². The van der Waals surface area contributed by atoms with Crippen LogP contribution in [0.1, 0.15) is 30.3 Å². The minimum atomic E-state index is -3.04. The number of carbonyl (C=O) groups excluding carboxylic acids is 1. The molecule has 1 fully saturated rings. The molecule has 2 N–H and O–H groups in total. The third kappa shape index (κ3) is 3.89. The highest BCUT2D eigenvalue weighted by atomic mass is 32.2. The number of hydrogen-bond donors (Lipinski definition) is 2. The normalized spacial score (nSPS) is 21.1. The van der Waals surface area contributed by atoms with E-state index in [1.807, 2.05) is 6.92 Å². The van der Waals surface area contributed by atoms with E-state index >= 15 is 0 Å². The molecule has 0 saturated carbocycles. The number of hydrogen-bond acceptors (Lipinski definition) is 6. The Bertz CT molecular complexity index is 588. The van der Waals surface area contributed by atoms with Gasteiger partial charge in [-0.05, 0) is 19.8 Å². The van der Waals surface area contributed by atoms with Crippen LogP contribution in [0.3, 0.4) is 0 Å². The summed E-state index contributed by atoms with van der Waals surface area (Å²) in [4.78, 5) is 20.1. The summed E-state index contributed by atoms with van der Waals surface area (Å²) >= 11 is 0. The zero-order chi connectivity index (χ0) is 14.6. The molecule has 8 heteroatoms. The molecule has 2 rings (SSSR count). The fourth-order valence-electron chi connectivity index (χ4n) is 2.14. The summed E-state index contributed by atoms with van der Waals surface area (Å²) in [5.74, 6) is 0.338. The highest BCUT2D eigenvalue weighted by Gasteiger charge is 2.26. The number of carbonyl (C=O) groups is 1. The van der Waals surface area contributed by atoms with Gasteiger partial charge in [0, 0.05) is 12.6 Å². The number of aromatic nitrogens is 2. The lowest BCUT2D eigenvalue weighted by atomic mass is 10.2. The number of amides is 1. The van der Waals surface area contributed by atoms with E-state index in [1.165, 1.54) is 12.4 Å². The van der Waals surface area contributed by atoms with Crippen molar-refractivity contribution < 1.29 is 13.2 Å². The maximum atomic E-state index is 12.0. The Balaban J connectivity index is 2.02. The van der Waals surface area contributed by atoms with E-state index in [0.717, 1.165) is 0 Å². The summed E-state index contributed by atoms with van der Waals surface area (Å²) in [7, 11) is -3.04. The van der Waals surface area contributed by atoms with E-state index in [2.05, 4.69) is 20.6 Å². The van der Waals surface area contributed by atoms with Crippen LogP contribution < -0.4 is 10.6 Å². The van der Waals surface area contributed by atoms with Gasteiger partial charge in [-0.2, -0.15) is 0 Å². The lowest BCUT2D eigenvalue weighted by Gasteiger charge is -2.22. The third-order valence-electron chi connectivity index (χ3n) is 3.02. The Labute approximate surface area is 118 Å². The largest absolute Gasteiger partial charge is 0.369 e. The molecule has 2 heterocycles. The van der Waals surface area contributed by atoms with E-state index in [4.69, 9.17) is 0 Å². The Morgan fingerprint density at radius 1 is 1.45 bits per heavy atom. The number of nitrogens with one attached hydrogen (secondary N) is 2. The van der Waals surface area contributed by atoms with Gasteiger partial charge in [0.15, 0.2) is 9.84 Å². The second-order valence-corrected chi connectivity index (χ2v) is 6.98. The minimum absolute atomic E-state index is 0.000923. The second-order valence-electron chi connectivity index (χ2n) is 4.75. The fourth-order valence-corrected chi connectivity index (χ4v) is 3.77. The molecule has 0 bridgehead atoms. The Hall–Kier alpha value is -1.70. The van der Waals surface area contributed by atoms with Crippen molar-refractivity contribution in [2.75, 3.05) is 23.4 Å². The monoisotopic (exact) mass is 298 g/mol. The SMILES string of the molecule is CCNc1cncc(C(=O)NC2CCCS(=O)(=O)C2)n1. The number of sulfone groups is 1. The van der Waals surface area contributed by atoms with E-state index in [1.54, 1.807) is 0 Å². The lowest BCUT2D eigenvalue weighted by Crippen LogP contribution is -2.43. The second kappa shape index (κ2) is 6.17. The first-order valence-corrected chi connectivity index (χ1v) is 8.39. The molecule has 1 aromatic rings. The van der Waals surface area contributed by atoms with Crippen LogP contribution in [0.5, 0.6) is 0 Å². The van der Waals surface area contributed by atoms with Gasteiger partial charge in [0.25, 0.3) is 5.91 Å². The molecule has 1 saturated heterocycles. The molecule has 0 spiro atoms. The number of rotatable bonds is 4. The summed E-state index contributed by atoms with van der Waals surface area (Å²) in [6, 6.07) is -0.342. The molecule has 0 aliphatic carbocycles. The molecule has 1 amide bonds. The minimum Gasteiger partial charge on any atom is -0.369 e. The highest BCUT2D eigenvalue weighted by Crippen LogP contribution is 2.12. The number of anilines is 1. The van der Waals surface area contributed by atoms with Gasteiger partial charge in [-0.25, -0.2) is 13.4 Å². The highest BCUT2D eigenvalue weighted by molar-refractivity contribution is 7.91. The summed E-state index contributed by atoms with van der Waals surface area (Å²) in [6.45, 7) is 2.60. The summed E-state index contributed by atoms with van der Waals surface area (Å²) < 4.78 is 23.1. The predicted octanol–water partition coefficient (Wildman–Crippen LogP) is 0.215. The van der Waals surface area contributed by atoms with Crippen molar-refractivity contribution in [2.45, 2.75) is 25.8 Å². The van der Waals surface area contributed by atoms with Gasteiger partial charge < -0.3 is 10.6 Å². The van der Waals surface area contributed by atoms with Crippen molar-refractivity contribution in [3.05, 3.63) is 18.1 Å². The van der Waals surface area contributed by atoms with E-state index in [0.29, 0.717) is 25.2 Å². The first-order valence-electron chi connectivity index (χ1n) is 6.57. The molecule has 1 aliphatic rings. The topological polar surface area (TPSA) is 101 Å². The molecule has 0 aromatic carbocycles. The first-order chi connectivity index (χ1) is 9.50. The fraction of sp³-hybridized carbons (Fsp3) is 0.583. The van der Waals surface area contributed by atoms with Crippen molar-refractivity contribution in [1.29, 1.82) is 0 Å². The Morgan fingerprint density at radius 2 is 2.25 bits per heavy atom. The number of nitrogens with zero attached hydrogens (tertiary/aromatic N) is 2. The first kappa shape index (κ1) is 14.7. The summed E-state index contributed by atoms with van der Waals surface area (Å²) in [5.41, 5.74) is 0.187. The van der Waals surface area contributed by atoms with Crippen LogP contribution in [0.4, 0.5) is 5.82 Å². The standard InChI is InChI=1S/C12H18N4O3S/c1-2-14-11-7-13-6-10(16-11)12(17)15-9-4-3-5-20(18,19)8-9/h6-7,9H,2-5,8H2,1H3,(H,14,16)(H,15,17). The van der Waals surface area contributed by atoms with Crippen LogP contribution in [-0.2, 0) is 9.84 Å². The molecular formula is C12H18N4O3S. The van der Waals surface area contributed by atoms with Crippen LogP contribution >= 0.6 is 0 Å². The molecule has 20 heavy (non-hydrogen) atoms. The van der Waals surface area contributed by atoms with Crippen molar-refractivity contribution in [3.8, 4) is 0 Å². The smallest absolute Gasteiger partial charge is 0.271 e. The van der Waals surface area contributed by atoms with Crippen LogP contribution in [0.25, 0.3) is 0 Å². The molecule has 1 unspecified atom stereocenters. The maximum Gasteiger partial charge on any atom is 0.271 e. The zero-order valence-electron chi connectivity index (χ0n) is 11.3. The predicted molar refractivity (Wildman–Crippen MR) is 75.3 cm³/mol. The molecule has 1 atom stereocenters. The van der Waals surface area contributed by atoms with Gasteiger partial charge in [-0.15, -0.1) is 0 Å². The van der Waals surface area contributed by atoms with E-state index < -0.39 is 9.84 Å². The molecule has 0 radical (unpaired) electrons. The average molecular weight is 298 g/mol.